The Labute approximate surface area is 112 Å². The minimum atomic E-state index is -0.810. The highest BCUT2D eigenvalue weighted by molar-refractivity contribution is 6.06. The van der Waals surface area contributed by atoms with Crippen molar-refractivity contribution in [2.75, 3.05) is 39.4 Å². The Morgan fingerprint density at radius 2 is 2.16 bits per heavy atom. The molecule has 0 aromatic heterocycles. The zero-order valence-electron chi connectivity index (χ0n) is 11.4. The van der Waals surface area contributed by atoms with Crippen molar-refractivity contribution >= 4 is 11.9 Å². The molecule has 7 heteroatoms. The third kappa shape index (κ3) is 3.05. The van der Waals surface area contributed by atoms with Crippen LogP contribution >= 0.6 is 0 Å². The van der Waals surface area contributed by atoms with Crippen molar-refractivity contribution in [3.63, 3.8) is 0 Å². The van der Waals surface area contributed by atoms with E-state index in [9.17, 15) is 9.59 Å². The minimum absolute atomic E-state index is 0.00728. The maximum absolute atomic E-state index is 12.0. The number of aliphatic hydroxyl groups is 1. The summed E-state index contributed by atoms with van der Waals surface area (Å²) in [6, 6.07) is -0.332. The van der Waals surface area contributed by atoms with Gasteiger partial charge >= 0.3 is 6.03 Å². The summed E-state index contributed by atoms with van der Waals surface area (Å²) in [6.07, 6.45) is -0.173. The number of carbonyl (C=O) groups is 2. The molecule has 0 spiro atoms. The lowest BCUT2D eigenvalue weighted by Gasteiger charge is -2.32. The topological polar surface area (TPSA) is 82.1 Å². The summed E-state index contributed by atoms with van der Waals surface area (Å²) in [5.41, 5.74) is -0.810. The Balaban J connectivity index is 1.85. The summed E-state index contributed by atoms with van der Waals surface area (Å²) in [5, 5.41) is 11.7. The standard InChI is InChI=1S/C12H21N3O4/c1-12(2)10(17)15(11(18)13-12)4-3-14-5-6-19-9(7-14)8-16/h9,16H,3-8H2,1-2H3,(H,13,18). The fraction of sp³-hybridized carbons (Fsp3) is 0.833. The molecule has 0 aromatic carbocycles. The molecule has 2 heterocycles. The normalized spacial score (nSPS) is 27.7. The van der Waals surface area contributed by atoms with Gasteiger partial charge in [-0.3, -0.25) is 14.6 Å². The molecule has 0 aliphatic carbocycles. The van der Waals surface area contributed by atoms with Gasteiger partial charge in [-0.25, -0.2) is 4.79 Å². The van der Waals surface area contributed by atoms with E-state index in [1.165, 1.54) is 4.90 Å². The maximum atomic E-state index is 12.0. The van der Waals surface area contributed by atoms with E-state index in [4.69, 9.17) is 9.84 Å². The number of nitrogens with zero attached hydrogens (tertiary/aromatic N) is 2. The van der Waals surface area contributed by atoms with Crippen LogP contribution in [0.4, 0.5) is 4.79 Å². The van der Waals surface area contributed by atoms with Gasteiger partial charge in [0.15, 0.2) is 0 Å². The van der Waals surface area contributed by atoms with Crippen LogP contribution in [0.5, 0.6) is 0 Å². The summed E-state index contributed by atoms with van der Waals surface area (Å²) in [5.74, 6) is -0.190. The van der Waals surface area contributed by atoms with E-state index in [1.54, 1.807) is 13.8 Å². The first-order valence-corrected chi connectivity index (χ1v) is 6.53. The number of rotatable bonds is 4. The molecule has 2 rings (SSSR count). The van der Waals surface area contributed by atoms with Crippen molar-refractivity contribution in [2.24, 2.45) is 0 Å². The lowest BCUT2D eigenvalue weighted by Crippen LogP contribution is -2.47. The van der Waals surface area contributed by atoms with Gasteiger partial charge in [-0.1, -0.05) is 0 Å². The van der Waals surface area contributed by atoms with Crippen LogP contribution in [0.3, 0.4) is 0 Å². The van der Waals surface area contributed by atoms with E-state index in [-0.39, 0.29) is 24.6 Å². The summed E-state index contributed by atoms with van der Waals surface area (Å²) in [7, 11) is 0. The van der Waals surface area contributed by atoms with Gasteiger partial charge in [-0.2, -0.15) is 0 Å². The molecule has 108 valence electrons. The molecular weight excluding hydrogens is 250 g/mol. The van der Waals surface area contributed by atoms with Crippen LogP contribution in [0.15, 0.2) is 0 Å². The van der Waals surface area contributed by atoms with Gasteiger partial charge in [-0.15, -0.1) is 0 Å². The van der Waals surface area contributed by atoms with E-state index in [2.05, 4.69) is 10.2 Å². The highest BCUT2D eigenvalue weighted by atomic mass is 16.5. The molecule has 0 radical (unpaired) electrons. The molecule has 7 nitrogen and oxygen atoms in total. The van der Waals surface area contributed by atoms with Crippen LogP contribution in [-0.4, -0.2) is 77.9 Å². The fourth-order valence-corrected chi connectivity index (χ4v) is 2.36. The number of urea groups is 1. The number of hydrogen-bond donors (Lipinski definition) is 2. The smallest absolute Gasteiger partial charge is 0.325 e. The van der Waals surface area contributed by atoms with E-state index in [0.717, 1.165) is 6.54 Å². The van der Waals surface area contributed by atoms with Crippen LogP contribution in [0, 0.1) is 0 Å². The van der Waals surface area contributed by atoms with Gasteiger partial charge < -0.3 is 15.2 Å². The number of morpholine rings is 1. The number of carbonyl (C=O) groups excluding carboxylic acids is 2. The van der Waals surface area contributed by atoms with Gasteiger partial charge in [0, 0.05) is 26.2 Å². The predicted octanol–water partition coefficient (Wildman–Crippen LogP) is -0.990. The molecule has 2 aliphatic rings. The number of hydrogen-bond acceptors (Lipinski definition) is 5. The van der Waals surface area contributed by atoms with Gasteiger partial charge in [0.25, 0.3) is 5.91 Å². The van der Waals surface area contributed by atoms with Crippen molar-refractivity contribution in [2.45, 2.75) is 25.5 Å². The third-order valence-corrected chi connectivity index (χ3v) is 3.51. The summed E-state index contributed by atoms with van der Waals surface area (Å²) >= 11 is 0. The average molecular weight is 271 g/mol. The van der Waals surface area contributed by atoms with Crippen molar-refractivity contribution in [3.8, 4) is 0 Å². The molecule has 1 atom stereocenters. The van der Waals surface area contributed by atoms with Crippen molar-refractivity contribution in [1.82, 2.24) is 15.1 Å². The fourth-order valence-electron chi connectivity index (χ4n) is 2.36. The van der Waals surface area contributed by atoms with Crippen molar-refractivity contribution in [1.29, 1.82) is 0 Å². The Bertz CT molecular complexity index is 372. The van der Waals surface area contributed by atoms with Crippen LogP contribution in [0.2, 0.25) is 0 Å². The lowest BCUT2D eigenvalue weighted by molar-refractivity contribution is -0.130. The second-order valence-corrected chi connectivity index (χ2v) is 5.49. The first kappa shape index (κ1) is 14.2. The molecule has 2 N–H and O–H groups in total. The largest absolute Gasteiger partial charge is 0.394 e. The van der Waals surface area contributed by atoms with E-state index >= 15 is 0 Å². The molecule has 0 bridgehead atoms. The van der Waals surface area contributed by atoms with E-state index < -0.39 is 5.54 Å². The molecule has 0 saturated carbocycles. The zero-order valence-corrected chi connectivity index (χ0v) is 11.4. The zero-order chi connectivity index (χ0) is 14.0. The second-order valence-electron chi connectivity index (χ2n) is 5.49. The summed E-state index contributed by atoms with van der Waals surface area (Å²) < 4.78 is 5.35. The Morgan fingerprint density at radius 1 is 1.42 bits per heavy atom. The highest BCUT2D eigenvalue weighted by Crippen LogP contribution is 2.16. The first-order valence-electron chi connectivity index (χ1n) is 6.53. The quantitative estimate of drug-likeness (QED) is 0.642. The molecule has 1 unspecified atom stereocenters. The minimum Gasteiger partial charge on any atom is -0.394 e. The second kappa shape index (κ2) is 5.44. The molecule has 2 saturated heterocycles. The molecule has 3 amide bonds. The lowest BCUT2D eigenvalue weighted by atomic mass is 10.1. The SMILES string of the molecule is CC1(C)NC(=O)N(CCN2CCOC(CO)C2)C1=O. The average Bonchev–Trinajstić information content (AvgIpc) is 2.57. The van der Waals surface area contributed by atoms with Crippen molar-refractivity contribution in [3.05, 3.63) is 0 Å². The number of ether oxygens (including phenoxy) is 1. The number of amides is 3. The van der Waals surface area contributed by atoms with Gasteiger partial charge in [-0.05, 0) is 13.8 Å². The molecule has 0 aromatic rings. The Kier molecular flexibility index (Phi) is 4.07. The van der Waals surface area contributed by atoms with Gasteiger partial charge in [0.1, 0.15) is 5.54 Å². The molecule has 2 aliphatic heterocycles. The van der Waals surface area contributed by atoms with Crippen LogP contribution in [0.1, 0.15) is 13.8 Å². The van der Waals surface area contributed by atoms with Gasteiger partial charge in [0.05, 0.1) is 19.3 Å². The van der Waals surface area contributed by atoms with Crippen molar-refractivity contribution < 1.29 is 19.4 Å². The van der Waals surface area contributed by atoms with Crippen LogP contribution < -0.4 is 5.32 Å². The van der Waals surface area contributed by atoms with E-state index in [0.29, 0.717) is 26.2 Å². The van der Waals surface area contributed by atoms with Crippen LogP contribution in [-0.2, 0) is 9.53 Å². The molecule has 19 heavy (non-hydrogen) atoms. The first-order chi connectivity index (χ1) is 8.94. The molecule has 2 fully saturated rings. The van der Waals surface area contributed by atoms with Gasteiger partial charge in [0.2, 0.25) is 0 Å². The molecular formula is C12H21N3O4. The third-order valence-electron chi connectivity index (χ3n) is 3.51. The maximum Gasteiger partial charge on any atom is 0.325 e. The Hall–Kier alpha value is -1.18. The number of imide groups is 1. The number of nitrogens with one attached hydrogen (secondary N) is 1. The summed E-state index contributed by atoms with van der Waals surface area (Å²) in [6.45, 7) is 6.31. The predicted molar refractivity (Wildman–Crippen MR) is 67.6 cm³/mol. The monoisotopic (exact) mass is 271 g/mol. The Morgan fingerprint density at radius 3 is 2.74 bits per heavy atom. The van der Waals surface area contributed by atoms with Crippen LogP contribution in [0.25, 0.3) is 0 Å². The van der Waals surface area contributed by atoms with E-state index in [1.807, 2.05) is 0 Å². The highest BCUT2D eigenvalue weighted by Gasteiger charge is 2.44. The number of aliphatic hydroxyl groups excluding tert-OH is 1. The summed E-state index contributed by atoms with van der Waals surface area (Å²) in [4.78, 5) is 27.0.